The van der Waals surface area contributed by atoms with Gasteiger partial charge < -0.3 is 4.90 Å². The van der Waals surface area contributed by atoms with Crippen LogP contribution in [0.5, 0.6) is 0 Å². The van der Waals surface area contributed by atoms with Gasteiger partial charge in [0.25, 0.3) is 0 Å². The molecule has 0 heterocycles. The third kappa shape index (κ3) is 6.09. The minimum absolute atomic E-state index is 1.09. The van der Waals surface area contributed by atoms with Crippen molar-refractivity contribution in [2.24, 2.45) is 0 Å². The van der Waals surface area contributed by atoms with Gasteiger partial charge in [0.15, 0.2) is 0 Å². The minimum atomic E-state index is 1.09. The molecule has 302 valence electrons. The van der Waals surface area contributed by atoms with Gasteiger partial charge in [-0.3, -0.25) is 0 Å². The van der Waals surface area contributed by atoms with Gasteiger partial charge in [0, 0.05) is 17.1 Å². The summed E-state index contributed by atoms with van der Waals surface area (Å²) in [6, 6.07) is 91.9. The molecule has 0 aliphatic rings. The second-order valence-corrected chi connectivity index (χ2v) is 17.2. The molecule has 0 saturated carbocycles. The normalized spacial score (nSPS) is 11.7. The molecule has 0 N–H and O–H groups in total. The van der Waals surface area contributed by atoms with Crippen molar-refractivity contribution in [2.45, 2.75) is 0 Å². The fourth-order valence-corrected chi connectivity index (χ4v) is 10.6. The highest BCUT2D eigenvalue weighted by atomic mass is 15.1. The molecule has 0 saturated heterocycles. The van der Waals surface area contributed by atoms with Crippen molar-refractivity contribution >= 4 is 103 Å². The van der Waals surface area contributed by atoms with E-state index in [-0.39, 0.29) is 0 Å². The van der Waals surface area contributed by atoms with Gasteiger partial charge in [-0.05, 0) is 151 Å². The van der Waals surface area contributed by atoms with Gasteiger partial charge in [-0.1, -0.05) is 206 Å². The average molecular weight is 824 g/mol. The summed E-state index contributed by atoms with van der Waals surface area (Å²) in [4.78, 5) is 2.40. The third-order valence-electron chi connectivity index (χ3n) is 13.6. The van der Waals surface area contributed by atoms with E-state index in [1.54, 1.807) is 0 Å². The Hall–Kier alpha value is -8.52. The van der Waals surface area contributed by atoms with Gasteiger partial charge in [-0.25, -0.2) is 0 Å². The van der Waals surface area contributed by atoms with E-state index < -0.39 is 0 Å². The molecule has 13 rings (SSSR count). The van der Waals surface area contributed by atoms with E-state index in [2.05, 4.69) is 254 Å². The molecule has 0 atom stereocenters. The van der Waals surface area contributed by atoms with Gasteiger partial charge in [0.05, 0.1) is 0 Å². The van der Waals surface area contributed by atoms with E-state index in [0.29, 0.717) is 0 Å². The summed E-state index contributed by atoms with van der Waals surface area (Å²) < 4.78 is 0. The van der Waals surface area contributed by atoms with Crippen molar-refractivity contribution in [3.63, 3.8) is 0 Å². The van der Waals surface area contributed by atoms with Gasteiger partial charge >= 0.3 is 0 Å². The molecular formula is C64H41N. The summed E-state index contributed by atoms with van der Waals surface area (Å²) in [5.74, 6) is 0. The zero-order valence-electron chi connectivity index (χ0n) is 35.6. The molecule has 0 bridgehead atoms. The Balaban J connectivity index is 1.11. The topological polar surface area (TPSA) is 3.24 Å². The number of hydrogen-bond acceptors (Lipinski definition) is 1. The van der Waals surface area contributed by atoms with Crippen molar-refractivity contribution in [3.8, 4) is 22.3 Å². The summed E-state index contributed by atoms with van der Waals surface area (Å²) in [5, 5.41) is 20.0. The molecule has 0 aliphatic carbocycles. The molecule has 0 radical (unpaired) electrons. The monoisotopic (exact) mass is 823 g/mol. The van der Waals surface area contributed by atoms with Crippen LogP contribution in [0.3, 0.4) is 0 Å². The summed E-state index contributed by atoms with van der Waals surface area (Å²) in [6.45, 7) is 0. The third-order valence-corrected chi connectivity index (χ3v) is 13.6. The second-order valence-electron chi connectivity index (χ2n) is 17.2. The standard InChI is InChI=1S/C64H41N/c1-3-14-42(15-4-1)43-26-28-44(29-27-43)45-32-35-50(36-33-45)65(49-18-5-2-6-19-49)51-37-39-57-60(41-51)56-24-10-9-22-54(56)52-20-7-8-21-53(52)55-23-11-12-25-58(55)64-59-38-34-47-17-13-16-46-30-31-48(40-61(57)64)63(59)62(46)47/h1-41H. The lowest BCUT2D eigenvalue weighted by Crippen LogP contribution is -2.09. The SMILES string of the molecule is c1ccc(-c2ccc(-c3ccc(N(c4ccccc4)c4ccc5c(c4)c4ccccc4c4ccccc4c4ccccc4c4c5cc5ccc6cccc7ccc4c5c67)cc3)cc2)cc1. The van der Waals surface area contributed by atoms with Gasteiger partial charge in [-0.15, -0.1) is 0 Å². The lowest BCUT2D eigenvalue weighted by atomic mass is 9.88. The van der Waals surface area contributed by atoms with Crippen LogP contribution < -0.4 is 4.90 Å². The van der Waals surface area contributed by atoms with Crippen molar-refractivity contribution in [3.05, 3.63) is 249 Å². The van der Waals surface area contributed by atoms with Crippen molar-refractivity contribution in [2.75, 3.05) is 4.90 Å². The number of rotatable bonds is 5. The molecular weight excluding hydrogens is 783 g/mol. The maximum atomic E-state index is 2.47. The van der Waals surface area contributed by atoms with Gasteiger partial charge in [-0.2, -0.15) is 0 Å². The predicted octanol–water partition coefficient (Wildman–Crippen LogP) is 18.3. The van der Waals surface area contributed by atoms with Crippen LogP contribution in [0.25, 0.3) is 108 Å². The Labute approximate surface area is 377 Å². The van der Waals surface area contributed by atoms with Crippen LogP contribution in [0.2, 0.25) is 0 Å². The van der Waals surface area contributed by atoms with Crippen LogP contribution in [-0.4, -0.2) is 0 Å². The maximum absolute atomic E-state index is 2.47. The predicted molar refractivity (Wildman–Crippen MR) is 281 cm³/mol. The first-order valence-electron chi connectivity index (χ1n) is 22.5. The molecule has 0 spiro atoms. The Morgan fingerprint density at radius 2 is 0.600 bits per heavy atom. The van der Waals surface area contributed by atoms with Crippen LogP contribution in [0.4, 0.5) is 17.1 Å². The number of anilines is 3. The van der Waals surface area contributed by atoms with E-state index in [9.17, 15) is 0 Å². The van der Waals surface area contributed by atoms with Crippen molar-refractivity contribution < 1.29 is 0 Å². The quantitative estimate of drug-likeness (QED) is 0.156. The van der Waals surface area contributed by atoms with Crippen LogP contribution in [0, 0.1) is 0 Å². The molecule has 13 aromatic carbocycles. The molecule has 0 unspecified atom stereocenters. The highest BCUT2D eigenvalue weighted by molar-refractivity contribution is 6.36. The number of fused-ring (bicyclic) bond motifs is 11. The largest absolute Gasteiger partial charge is 0.310 e. The number of nitrogens with zero attached hydrogens (tertiary/aromatic N) is 1. The zero-order valence-corrected chi connectivity index (χ0v) is 35.6. The molecule has 0 fully saturated rings. The van der Waals surface area contributed by atoms with E-state index in [0.717, 1.165) is 17.1 Å². The van der Waals surface area contributed by atoms with Crippen molar-refractivity contribution in [1.29, 1.82) is 0 Å². The highest BCUT2D eigenvalue weighted by Crippen LogP contribution is 2.45. The Kier molecular flexibility index (Phi) is 8.60. The van der Waals surface area contributed by atoms with Gasteiger partial charge in [0.1, 0.15) is 0 Å². The molecule has 1 nitrogen and oxygen atoms in total. The van der Waals surface area contributed by atoms with Crippen LogP contribution in [0.1, 0.15) is 0 Å². The fraction of sp³-hybridized carbons (Fsp3) is 0. The summed E-state index contributed by atoms with van der Waals surface area (Å²) in [5.41, 5.74) is 8.10. The van der Waals surface area contributed by atoms with E-state index in [1.807, 2.05) is 0 Å². The average Bonchev–Trinajstić information content (AvgIpc) is 3.38. The first-order valence-corrected chi connectivity index (χ1v) is 22.5. The second kappa shape index (κ2) is 15.1. The number of benzene rings is 12. The molecule has 1 heteroatoms. The van der Waals surface area contributed by atoms with Crippen molar-refractivity contribution in [1.82, 2.24) is 0 Å². The molecule has 0 amide bonds. The maximum Gasteiger partial charge on any atom is 0.0468 e. The van der Waals surface area contributed by atoms with E-state index in [1.165, 1.54) is 108 Å². The minimum Gasteiger partial charge on any atom is -0.310 e. The van der Waals surface area contributed by atoms with E-state index >= 15 is 0 Å². The summed E-state index contributed by atoms with van der Waals surface area (Å²) >= 11 is 0. The molecule has 0 aromatic heterocycles. The summed E-state index contributed by atoms with van der Waals surface area (Å²) in [6.07, 6.45) is 0. The Morgan fingerprint density at radius 3 is 1.22 bits per heavy atom. The van der Waals surface area contributed by atoms with Crippen LogP contribution >= 0.6 is 0 Å². The number of para-hydroxylation sites is 1. The lowest BCUT2D eigenvalue weighted by Gasteiger charge is -2.26. The zero-order chi connectivity index (χ0) is 42.8. The fourth-order valence-electron chi connectivity index (χ4n) is 10.6. The van der Waals surface area contributed by atoms with E-state index in [4.69, 9.17) is 0 Å². The first-order chi connectivity index (χ1) is 32.2. The van der Waals surface area contributed by atoms with Crippen LogP contribution in [0.15, 0.2) is 249 Å². The van der Waals surface area contributed by atoms with Crippen LogP contribution in [-0.2, 0) is 0 Å². The first kappa shape index (κ1) is 37.1. The number of hydrogen-bond donors (Lipinski definition) is 0. The molecule has 13 aromatic rings. The molecule has 0 aliphatic heterocycles. The highest BCUT2D eigenvalue weighted by Gasteiger charge is 2.18. The van der Waals surface area contributed by atoms with Gasteiger partial charge in [0.2, 0.25) is 0 Å². The Morgan fingerprint density at radius 1 is 0.185 bits per heavy atom. The Bertz CT molecular complexity index is 4010. The lowest BCUT2D eigenvalue weighted by molar-refractivity contribution is 1.29. The smallest absolute Gasteiger partial charge is 0.0468 e. The summed E-state index contributed by atoms with van der Waals surface area (Å²) in [7, 11) is 0. The molecule has 65 heavy (non-hydrogen) atoms.